The van der Waals surface area contributed by atoms with Gasteiger partial charge in [0, 0.05) is 36.0 Å². The van der Waals surface area contributed by atoms with E-state index in [0.29, 0.717) is 30.6 Å². The summed E-state index contributed by atoms with van der Waals surface area (Å²) in [5, 5.41) is 15.1. The smallest absolute Gasteiger partial charge is 0.235 e. The van der Waals surface area contributed by atoms with Gasteiger partial charge < -0.3 is 29.7 Å². The Morgan fingerprint density at radius 3 is 2.66 bits per heavy atom. The molecular formula is C30H33N7O4. The number of nitrogens with zero attached hydrogens (tertiary/aromatic N) is 4. The number of hydrogen-bond donors (Lipinski definition) is 3. The van der Waals surface area contributed by atoms with E-state index in [0.717, 1.165) is 64.6 Å². The van der Waals surface area contributed by atoms with Gasteiger partial charge in [0.2, 0.25) is 11.7 Å². The Morgan fingerprint density at radius 2 is 1.90 bits per heavy atom. The minimum atomic E-state index is -0.559. The highest BCUT2D eigenvalue weighted by molar-refractivity contribution is 6.10. The summed E-state index contributed by atoms with van der Waals surface area (Å²) >= 11 is 0. The van der Waals surface area contributed by atoms with Crippen molar-refractivity contribution in [1.82, 2.24) is 20.2 Å². The molecule has 1 amide bonds. The molecule has 3 aliphatic rings. The van der Waals surface area contributed by atoms with E-state index < -0.39 is 5.41 Å². The molecule has 41 heavy (non-hydrogen) atoms. The molecule has 1 saturated carbocycles. The van der Waals surface area contributed by atoms with Crippen LogP contribution in [0.4, 0.5) is 23.1 Å². The first-order valence-corrected chi connectivity index (χ1v) is 14.0. The number of morpholine rings is 1. The standard InChI is InChI=1S/C30H33N7O4/c1-16(2)25-32-27(24(40-4)28(34-25)37-9-11-41-12-10-37)33-26-19-7-5-17(13-23(19)35-36-26)21-15-30(21)20-14-18(39-3)6-8-22(20)31-29(30)38/h5-8,13-14,16,21H,9-12,15H2,1-4H3,(H,31,38)(H2,32,33,34,35,36)/t21-,30-/m0/s1. The quantitative estimate of drug-likeness (QED) is 0.303. The van der Waals surface area contributed by atoms with Crippen LogP contribution in [0.3, 0.4) is 0 Å². The first kappa shape index (κ1) is 25.6. The number of H-pyrrole nitrogens is 1. The van der Waals surface area contributed by atoms with Crippen LogP contribution in [-0.4, -0.2) is 66.6 Å². The van der Waals surface area contributed by atoms with Crippen molar-refractivity contribution in [2.24, 2.45) is 0 Å². The first-order chi connectivity index (χ1) is 19.9. The molecule has 0 radical (unpaired) electrons. The molecule has 11 heteroatoms. The van der Waals surface area contributed by atoms with Gasteiger partial charge in [-0.3, -0.25) is 9.89 Å². The molecule has 7 rings (SSSR count). The highest BCUT2D eigenvalue weighted by Gasteiger charge is 2.65. The molecular weight excluding hydrogens is 522 g/mol. The van der Waals surface area contributed by atoms with Gasteiger partial charge in [-0.25, -0.2) is 9.97 Å². The topological polar surface area (TPSA) is 127 Å². The third-order valence-electron chi connectivity index (χ3n) is 8.44. The van der Waals surface area contributed by atoms with Crippen LogP contribution in [0.15, 0.2) is 36.4 Å². The number of methoxy groups -OCH3 is 2. The predicted molar refractivity (Wildman–Crippen MR) is 156 cm³/mol. The average molecular weight is 556 g/mol. The van der Waals surface area contributed by atoms with Crippen molar-refractivity contribution < 1.29 is 19.0 Å². The first-order valence-electron chi connectivity index (χ1n) is 14.0. The van der Waals surface area contributed by atoms with Crippen LogP contribution in [0, 0.1) is 0 Å². The minimum absolute atomic E-state index is 0.0469. The van der Waals surface area contributed by atoms with Crippen molar-refractivity contribution in [1.29, 1.82) is 0 Å². The Kier molecular flexibility index (Phi) is 6.00. The molecule has 3 N–H and O–H groups in total. The number of aromatic nitrogens is 4. The summed E-state index contributed by atoms with van der Waals surface area (Å²) in [5.41, 5.74) is 3.28. The molecule has 212 valence electrons. The molecule has 2 aliphatic heterocycles. The number of carbonyl (C=O) groups excluding carboxylic acids is 1. The molecule has 1 aliphatic carbocycles. The van der Waals surface area contributed by atoms with Gasteiger partial charge in [0.25, 0.3) is 0 Å². The Morgan fingerprint density at radius 1 is 1.07 bits per heavy atom. The summed E-state index contributed by atoms with van der Waals surface area (Å²) in [4.78, 5) is 25.0. The van der Waals surface area contributed by atoms with Gasteiger partial charge in [0.15, 0.2) is 17.5 Å². The minimum Gasteiger partial charge on any atom is -0.497 e. The van der Waals surface area contributed by atoms with Crippen LogP contribution in [0.2, 0.25) is 0 Å². The van der Waals surface area contributed by atoms with Crippen LogP contribution in [0.25, 0.3) is 10.9 Å². The van der Waals surface area contributed by atoms with E-state index in [4.69, 9.17) is 24.2 Å². The largest absolute Gasteiger partial charge is 0.497 e. The van der Waals surface area contributed by atoms with E-state index in [1.165, 1.54) is 0 Å². The van der Waals surface area contributed by atoms with Crippen LogP contribution >= 0.6 is 0 Å². The fraction of sp³-hybridized carbons (Fsp3) is 0.400. The van der Waals surface area contributed by atoms with E-state index in [1.54, 1.807) is 14.2 Å². The third kappa shape index (κ3) is 4.06. The maximum absolute atomic E-state index is 13.1. The van der Waals surface area contributed by atoms with Gasteiger partial charge in [0.05, 0.1) is 38.4 Å². The van der Waals surface area contributed by atoms with Crippen molar-refractivity contribution in [3.8, 4) is 11.5 Å². The normalized spacial score (nSPS) is 21.3. The highest BCUT2D eigenvalue weighted by atomic mass is 16.5. The second-order valence-electron chi connectivity index (χ2n) is 11.1. The Balaban J connectivity index is 1.21. The Bertz CT molecular complexity index is 1660. The number of hydrogen-bond acceptors (Lipinski definition) is 9. The van der Waals surface area contributed by atoms with E-state index in [1.807, 2.05) is 24.3 Å². The predicted octanol–water partition coefficient (Wildman–Crippen LogP) is 4.45. The fourth-order valence-corrected chi connectivity index (χ4v) is 6.14. The van der Waals surface area contributed by atoms with Gasteiger partial charge >= 0.3 is 0 Å². The lowest BCUT2D eigenvalue weighted by Gasteiger charge is -2.30. The van der Waals surface area contributed by atoms with Crippen molar-refractivity contribution in [3.05, 3.63) is 53.3 Å². The number of carbonyl (C=O) groups is 1. The molecule has 4 aromatic rings. The lowest BCUT2D eigenvalue weighted by Crippen LogP contribution is -2.37. The van der Waals surface area contributed by atoms with E-state index in [2.05, 4.69) is 51.7 Å². The number of nitrogens with one attached hydrogen (secondary N) is 3. The molecule has 4 heterocycles. The highest BCUT2D eigenvalue weighted by Crippen LogP contribution is 2.65. The number of aromatic amines is 1. The van der Waals surface area contributed by atoms with Gasteiger partial charge in [-0.2, -0.15) is 5.10 Å². The second kappa shape index (κ2) is 9.62. The van der Waals surface area contributed by atoms with Crippen LogP contribution in [0.5, 0.6) is 11.5 Å². The summed E-state index contributed by atoms with van der Waals surface area (Å²) in [6.07, 6.45) is 0.754. The van der Waals surface area contributed by atoms with E-state index in [-0.39, 0.29) is 17.7 Å². The maximum atomic E-state index is 13.1. The zero-order valence-corrected chi connectivity index (χ0v) is 23.6. The molecule has 2 fully saturated rings. The molecule has 11 nitrogen and oxygen atoms in total. The molecule has 1 saturated heterocycles. The molecule has 0 unspecified atom stereocenters. The van der Waals surface area contributed by atoms with Gasteiger partial charge in [-0.1, -0.05) is 19.9 Å². The Labute approximate surface area is 237 Å². The summed E-state index contributed by atoms with van der Waals surface area (Å²) in [6, 6.07) is 12.0. The van der Waals surface area contributed by atoms with Crippen molar-refractivity contribution in [2.75, 3.05) is 56.1 Å². The zero-order chi connectivity index (χ0) is 28.3. The third-order valence-corrected chi connectivity index (χ3v) is 8.44. The molecule has 2 aromatic carbocycles. The van der Waals surface area contributed by atoms with Crippen molar-refractivity contribution in [2.45, 2.75) is 37.5 Å². The number of ether oxygens (including phenoxy) is 3. The van der Waals surface area contributed by atoms with Crippen molar-refractivity contribution in [3.63, 3.8) is 0 Å². The summed E-state index contributed by atoms with van der Waals surface area (Å²) in [7, 11) is 3.28. The van der Waals surface area contributed by atoms with E-state index >= 15 is 0 Å². The summed E-state index contributed by atoms with van der Waals surface area (Å²) in [6.45, 7) is 6.89. The lowest BCUT2D eigenvalue weighted by atomic mass is 9.91. The molecule has 0 bridgehead atoms. The number of anilines is 4. The zero-order valence-electron chi connectivity index (χ0n) is 23.6. The average Bonchev–Trinajstić information content (AvgIpc) is 3.55. The van der Waals surface area contributed by atoms with E-state index in [9.17, 15) is 4.79 Å². The molecule has 2 atom stereocenters. The van der Waals surface area contributed by atoms with Gasteiger partial charge in [-0.05, 0) is 47.9 Å². The van der Waals surface area contributed by atoms with Gasteiger partial charge in [0.1, 0.15) is 11.6 Å². The second-order valence-corrected chi connectivity index (χ2v) is 11.1. The Hall–Kier alpha value is -4.38. The molecule has 2 aromatic heterocycles. The number of fused-ring (bicyclic) bond motifs is 3. The monoisotopic (exact) mass is 555 g/mol. The fourth-order valence-electron chi connectivity index (χ4n) is 6.14. The summed E-state index contributed by atoms with van der Waals surface area (Å²) < 4.78 is 16.8. The van der Waals surface area contributed by atoms with Crippen LogP contribution in [0.1, 0.15) is 49.1 Å². The van der Waals surface area contributed by atoms with Crippen molar-refractivity contribution >= 4 is 40.0 Å². The van der Waals surface area contributed by atoms with Crippen LogP contribution < -0.4 is 25.0 Å². The number of rotatable bonds is 7. The number of benzene rings is 2. The molecule has 1 spiro atoms. The summed E-state index contributed by atoms with van der Waals surface area (Å²) in [5.74, 6) is 4.27. The maximum Gasteiger partial charge on any atom is 0.235 e. The van der Waals surface area contributed by atoms with Gasteiger partial charge in [-0.15, -0.1) is 0 Å². The lowest BCUT2D eigenvalue weighted by molar-refractivity contribution is -0.118. The van der Waals surface area contributed by atoms with Crippen LogP contribution in [-0.2, 0) is 14.9 Å². The number of amides is 1. The SMILES string of the molecule is COc1ccc2c(c1)[C@]1(C[C@H]1c1ccc3c(Nc4nc(C(C)C)nc(N5CCOCC5)c4OC)n[nH]c3c1)C(=O)N2.